The molecule has 0 unspecified atom stereocenters. The zero-order valence-electron chi connectivity index (χ0n) is 15.1. The topological polar surface area (TPSA) is 102 Å². The second-order valence-corrected chi connectivity index (χ2v) is 8.58. The Kier molecular flexibility index (Phi) is 6.02. The summed E-state index contributed by atoms with van der Waals surface area (Å²) in [7, 11) is -3.58. The summed E-state index contributed by atoms with van der Waals surface area (Å²) in [6, 6.07) is 10.5. The van der Waals surface area contributed by atoms with Crippen LogP contribution in [-0.2, 0) is 19.6 Å². The van der Waals surface area contributed by atoms with Gasteiger partial charge in [-0.15, -0.1) is 0 Å². The predicted octanol–water partition coefficient (Wildman–Crippen LogP) is 2.88. The number of hydrogen-bond acceptors (Lipinski definition) is 5. The van der Waals surface area contributed by atoms with Crippen molar-refractivity contribution in [3.8, 4) is 0 Å². The summed E-state index contributed by atoms with van der Waals surface area (Å²) in [5, 5.41) is 3.14. The van der Waals surface area contributed by atoms with Crippen molar-refractivity contribution in [1.29, 1.82) is 0 Å². The molecule has 1 aliphatic carbocycles. The van der Waals surface area contributed by atoms with Gasteiger partial charge in [-0.2, -0.15) is 0 Å². The first-order valence-corrected chi connectivity index (χ1v) is 10.5. The second-order valence-electron chi connectivity index (χ2n) is 6.46. The molecule has 0 aromatic heterocycles. The van der Waals surface area contributed by atoms with Crippen LogP contribution in [0.4, 0.5) is 5.69 Å². The predicted molar refractivity (Wildman–Crippen MR) is 105 cm³/mol. The molecule has 3 rings (SSSR count). The Bertz CT molecular complexity index is 1000. The fourth-order valence-electron chi connectivity index (χ4n) is 2.40. The third kappa shape index (κ3) is 5.09. The summed E-state index contributed by atoms with van der Waals surface area (Å²) in [5.74, 6) is -1.23. The number of sulfonamides is 1. The first-order chi connectivity index (χ1) is 13.3. The molecule has 0 heterocycles. The summed E-state index contributed by atoms with van der Waals surface area (Å²) >= 11 is 6.00. The molecule has 1 fully saturated rings. The number of carbonyl (C=O) groups is 2. The summed E-state index contributed by atoms with van der Waals surface area (Å²) in [6.07, 6.45) is 1.67. The normalized spacial score (nSPS) is 13.8. The second kappa shape index (κ2) is 8.30. The molecule has 148 valence electrons. The van der Waals surface area contributed by atoms with Gasteiger partial charge in [-0.1, -0.05) is 17.7 Å². The van der Waals surface area contributed by atoms with E-state index in [-0.39, 0.29) is 16.5 Å². The maximum Gasteiger partial charge on any atom is 0.338 e. The Morgan fingerprint density at radius 2 is 1.82 bits per heavy atom. The van der Waals surface area contributed by atoms with Gasteiger partial charge in [0.2, 0.25) is 10.0 Å². The van der Waals surface area contributed by atoms with Gasteiger partial charge < -0.3 is 10.1 Å². The molecule has 0 radical (unpaired) electrons. The number of hydrogen-bond donors (Lipinski definition) is 2. The number of carbonyl (C=O) groups excluding carboxylic acids is 2. The van der Waals surface area contributed by atoms with Crippen molar-refractivity contribution in [3.05, 3.63) is 58.6 Å². The average molecular weight is 423 g/mol. The van der Waals surface area contributed by atoms with Crippen molar-refractivity contribution >= 4 is 39.2 Å². The van der Waals surface area contributed by atoms with Crippen LogP contribution in [0.2, 0.25) is 5.02 Å². The number of halogens is 1. The number of rotatable bonds is 7. The molecule has 9 heteroatoms. The van der Waals surface area contributed by atoms with E-state index in [2.05, 4.69) is 10.0 Å². The van der Waals surface area contributed by atoms with Crippen LogP contribution in [-0.4, -0.2) is 32.9 Å². The van der Waals surface area contributed by atoms with Crippen molar-refractivity contribution in [1.82, 2.24) is 4.72 Å². The lowest BCUT2D eigenvalue weighted by molar-refractivity contribution is -0.119. The lowest BCUT2D eigenvalue weighted by Gasteiger charge is -2.10. The Hall–Kier alpha value is -2.42. The minimum atomic E-state index is -3.58. The van der Waals surface area contributed by atoms with E-state index >= 15 is 0 Å². The molecule has 7 nitrogen and oxygen atoms in total. The monoisotopic (exact) mass is 422 g/mol. The molecule has 2 N–H and O–H groups in total. The molecular formula is C19H19ClN2O5S. The molecule has 2 aromatic carbocycles. The van der Waals surface area contributed by atoms with E-state index in [1.165, 1.54) is 24.3 Å². The molecule has 0 spiro atoms. The first-order valence-electron chi connectivity index (χ1n) is 8.61. The van der Waals surface area contributed by atoms with E-state index in [9.17, 15) is 18.0 Å². The summed E-state index contributed by atoms with van der Waals surface area (Å²) < 4.78 is 31.8. The minimum Gasteiger partial charge on any atom is -0.452 e. The third-order valence-corrected chi connectivity index (χ3v) is 6.12. The van der Waals surface area contributed by atoms with Crippen LogP contribution < -0.4 is 10.0 Å². The first kappa shape index (κ1) is 20.3. The average Bonchev–Trinajstić information content (AvgIpc) is 3.47. The third-order valence-electron chi connectivity index (χ3n) is 4.18. The van der Waals surface area contributed by atoms with E-state index < -0.39 is 28.5 Å². The van der Waals surface area contributed by atoms with Gasteiger partial charge in [0.05, 0.1) is 10.5 Å². The number of esters is 1. The van der Waals surface area contributed by atoms with E-state index in [1.807, 2.05) is 0 Å². The van der Waals surface area contributed by atoms with Crippen LogP contribution in [0, 0.1) is 6.92 Å². The quantitative estimate of drug-likeness (QED) is 0.668. The number of ether oxygens (including phenoxy) is 1. The van der Waals surface area contributed by atoms with E-state index in [1.54, 1.807) is 25.1 Å². The van der Waals surface area contributed by atoms with Crippen molar-refractivity contribution < 1.29 is 22.7 Å². The van der Waals surface area contributed by atoms with Gasteiger partial charge in [0, 0.05) is 16.8 Å². The van der Waals surface area contributed by atoms with Gasteiger partial charge in [-0.25, -0.2) is 17.9 Å². The van der Waals surface area contributed by atoms with Crippen LogP contribution in [0.15, 0.2) is 47.4 Å². The largest absolute Gasteiger partial charge is 0.452 e. The summed E-state index contributed by atoms with van der Waals surface area (Å²) in [6.45, 7) is 1.28. The number of benzene rings is 2. The van der Waals surface area contributed by atoms with Gasteiger partial charge >= 0.3 is 5.97 Å². The van der Waals surface area contributed by atoms with E-state index in [4.69, 9.17) is 16.3 Å². The van der Waals surface area contributed by atoms with Crippen LogP contribution >= 0.6 is 11.6 Å². The maximum absolute atomic E-state index is 12.1. The SMILES string of the molecule is Cc1c(Cl)cccc1NC(=O)COC(=O)c1ccc(S(=O)(=O)NC2CC2)cc1. The fraction of sp³-hybridized carbons (Fsp3) is 0.263. The molecule has 2 aromatic rings. The molecule has 0 aliphatic heterocycles. The van der Waals surface area contributed by atoms with Crippen molar-refractivity contribution in [2.75, 3.05) is 11.9 Å². The zero-order chi connectivity index (χ0) is 20.3. The molecular weight excluding hydrogens is 404 g/mol. The Balaban J connectivity index is 1.55. The van der Waals surface area contributed by atoms with Crippen molar-refractivity contribution in [3.63, 3.8) is 0 Å². The number of anilines is 1. The van der Waals surface area contributed by atoms with Gasteiger partial charge in [-0.05, 0) is 61.7 Å². The Morgan fingerprint density at radius 1 is 1.14 bits per heavy atom. The fourth-order valence-corrected chi connectivity index (χ4v) is 3.88. The molecule has 1 saturated carbocycles. The number of nitrogens with one attached hydrogen (secondary N) is 2. The van der Waals surface area contributed by atoms with E-state index in [0.29, 0.717) is 16.3 Å². The molecule has 1 aliphatic rings. The van der Waals surface area contributed by atoms with Gasteiger partial charge in [0.25, 0.3) is 5.91 Å². The molecule has 28 heavy (non-hydrogen) atoms. The van der Waals surface area contributed by atoms with Gasteiger partial charge in [0.1, 0.15) is 0 Å². The number of amides is 1. The molecule has 0 saturated heterocycles. The van der Waals surface area contributed by atoms with Gasteiger partial charge in [-0.3, -0.25) is 4.79 Å². The molecule has 1 amide bonds. The zero-order valence-corrected chi connectivity index (χ0v) is 16.6. The molecule has 0 bridgehead atoms. The smallest absolute Gasteiger partial charge is 0.338 e. The van der Waals surface area contributed by atoms with E-state index in [0.717, 1.165) is 12.8 Å². The summed E-state index contributed by atoms with van der Waals surface area (Å²) in [5.41, 5.74) is 1.39. The van der Waals surface area contributed by atoms with Crippen molar-refractivity contribution in [2.24, 2.45) is 0 Å². The highest BCUT2D eigenvalue weighted by Crippen LogP contribution is 2.23. The van der Waals surface area contributed by atoms with Crippen LogP contribution in [0.5, 0.6) is 0 Å². The molecule has 0 atom stereocenters. The Morgan fingerprint density at radius 3 is 2.46 bits per heavy atom. The summed E-state index contributed by atoms with van der Waals surface area (Å²) in [4.78, 5) is 24.1. The van der Waals surface area contributed by atoms with Gasteiger partial charge in [0.15, 0.2) is 6.61 Å². The van der Waals surface area contributed by atoms with Crippen LogP contribution in [0.3, 0.4) is 0 Å². The standard InChI is InChI=1S/C19H19ClN2O5S/c1-12-16(20)3-2-4-17(12)21-18(23)11-27-19(24)13-5-9-15(10-6-13)28(25,26)22-14-7-8-14/h2-6,9-10,14,22H,7-8,11H2,1H3,(H,21,23). The highest BCUT2D eigenvalue weighted by molar-refractivity contribution is 7.89. The van der Waals surface area contributed by atoms with Crippen LogP contribution in [0.25, 0.3) is 0 Å². The Labute approximate surface area is 168 Å². The lowest BCUT2D eigenvalue weighted by Crippen LogP contribution is -2.25. The highest BCUT2D eigenvalue weighted by Gasteiger charge is 2.28. The van der Waals surface area contributed by atoms with Crippen LogP contribution in [0.1, 0.15) is 28.8 Å². The maximum atomic E-state index is 12.1. The van der Waals surface area contributed by atoms with Crippen molar-refractivity contribution in [2.45, 2.75) is 30.7 Å². The lowest BCUT2D eigenvalue weighted by atomic mass is 10.2. The highest BCUT2D eigenvalue weighted by atomic mass is 35.5. The minimum absolute atomic E-state index is 0.00344.